The first kappa shape index (κ1) is 19.7. The number of nitrogens with one attached hydrogen (secondary N) is 1. The van der Waals surface area contributed by atoms with E-state index in [0.717, 1.165) is 0 Å². The van der Waals surface area contributed by atoms with Crippen molar-refractivity contribution >= 4 is 11.9 Å². The van der Waals surface area contributed by atoms with Crippen molar-refractivity contribution < 1.29 is 19.1 Å². The van der Waals surface area contributed by atoms with Crippen LogP contribution in [0.25, 0.3) is 0 Å². The van der Waals surface area contributed by atoms with Gasteiger partial charge in [0.2, 0.25) is 0 Å². The van der Waals surface area contributed by atoms with Crippen molar-refractivity contribution in [1.82, 2.24) is 5.32 Å². The van der Waals surface area contributed by atoms with Crippen molar-refractivity contribution in [3.05, 3.63) is 42.5 Å². The van der Waals surface area contributed by atoms with E-state index >= 15 is 0 Å². The summed E-state index contributed by atoms with van der Waals surface area (Å²) in [7, 11) is 0. The molecule has 1 aromatic carbocycles. The van der Waals surface area contributed by atoms with Gasteiger partial charge in [0.1, 0.15) is 5.75 Å². The molecular weight excluding hydrogens is 306 g/mol. The minimum absolute atomic E-state index is 0.0529. The molecule has 24 heavy (non-hydrogen) atoms. The first-order valence-corrected chi connectivity index (χ1v) is 8.01. The zero-order valence-electron chi connectivity index (χ0n) is 15.1. The normalized spacial score (nSPS) is 13.5. The van der Waals surface area contributed by atoms with E-state index < -0.39 is 18.2 Å². The molecule has 5 nitrogen and oxygen atoms in total. The number of esters is 1. The van der Waals surface area contributed by atoms with Gasteiger partial charge in [0.25, 0.3) is 5.91 Å². The highest BCUT2D eigenvalue weighted by atomic mass is 16.6. The third-order valence-electron chi connectivity index (χ3n) is 3.45. The largest absolute Gasteiger partial charge is 0.479 e. The highest BCUT2D eigenvalue weighted by Crippen LogP contribution is 2.24. The van der Waals surface area contributed by atoms with Gasteiger partial charge in [0.05, 0.1) is 0 Å². The summed E-state index contributed by atoms with van der Waals surface area (Å²) in [5, 5.41) is 2.57. The van der Waals surface area contributed by atoms with Crippen molar-refractivity contribution in [1.29, 1.82) is 0 Å². The predicted molar refractivity (Wildman–Crippen MR) is 94.0 cm³/mol. The number of hydrogen-bond acceptors (Lipinski definition) is 4. The van der Waals surface area contributed by atoms with Crippen LogP contribution < -0.4 is 10.1 Å². The van der Waals surface area contributed by atoms with Gasteiger partial charge in [-0.15, -0.1) is 6.58 Å². The maximum Gasteiger partial charge on any atom is 0.347 e. The van der Waals surface area contributed by atoms with Gasteiger partial charge in [-0.1, -0.05) is 39.0 Å². The highest BCUT2D eigenvalue weighted by molar-refractivity contribution is 5.84. The predicted octanol–water partition coefficient (Wildman–Crippen LogP) is 2.99. The molecule has 0 aliphatic carbocycles. The van der Waals surface area contributed by atoms with Gasteiger partial charge < -0.3 is 14.8 Å². The fourth-order valence-corrected chi connectivity index (χ4v) is 1.93. The Morgan fingerprint density at radius 2 is 1.75 bits per heavy atom. The first-order valence-electron chi connectivity index (χ1n) is 8.01. The lowest BCUT2D eigenvalue weighted by Gasteiger charge is -2.20. The molecule has 1 amide bonds. The van der Waals surface area contributed by atoms with E-state index in [-0.39, 0.29) is 11.3 Å². The summed E-state index contributed by atoms with van der Waals surface area (Å²) in [5.74, 6) is -0.377. The molecule has 0 saturated carbocycles. The lowest BCUT2D eigenvalue weighted by Crippen LogP contribution is -2.38. The molecule has 1 rings (SSSR count). The van der Waals surface area contributed by atoms with E-state index in [4.69, 9.17) is 9.47 Å². The molecule has 0 aliphatic heterocycles. The van der Waals surface area contributed by atoms with Crippen LogP contribution in [0.5, 0.6) is 5.75 Å². The number of benzene rings is 1. The van der Waals surface area contributed by atoms with Crippen LogP contribution in [0.1, 0.15) is 40.2 Å². The molecule has 132 valence electrons. The Balaban J connectivity index is 2.57. The fraction of sp³-hybridized carbons (Fsp3) is 0.474. The van der Waals surface area contributed by atoms with Crippen LogP contribution in [-0.4, -0.2) is 30.6 Å². The molecule has 0 fully saturated rings. The van der Waals surface area contributed by atoms with Crippen molar-refractivity contribution in [3.8, 4) is 5.75 Å². The van der Waals surface area contributed by atoms with Crippen LogP contribution in [0, 0.1) is 0 Å². The average molecular weight is 333 g/mol. The van der Waals surface area contributed by atoms with Crippen molar-refractivity contribution in [2.24, 2.45) is 0 Å². The Bertz CT molecular complexity index is 572. The molecule has 0 bridgehead atoms. The molecule has 1 N–H and O–H groups in total. The molecule has 2 atom stereocenters. The molecule has 0 aliphatic rings. The number of carbonyl (C=O) groups is 2. The lowest BCUT2D eigenvalue weighted by atomic mass is 9.87. The average Bonchev–Trinajstić information content (AvgIpc) is 2.51. The number of rotatable bonds is 7. The molecule has 1 aromatic rings. The second-order valence-electron chi connectivity index (χ2n) is 6.65. The Labute approximate surface area is 144 Å². The van der Waals surface area contributed by atoms with Gasteiger partial charge in [-0.05, 0) is 37.0 Å². The summed E-state index contributed by atoms with van der Waals surface area (Å²) in [6, 6.07) is 7.59. The lowest BCUT2D eigenvalue weighted by molar-refractivity contribution is -0.160. The third-order valence-corrected chi connectivity index (χ3v) is 3.45. The molecule has 0 heterocycles. The maximum atomic E-state index is 12.0. The van der Waals surface area contributed by atoms with Crippen LogP contribution in [0.3, 0.4) is 0 Å². The minimum atomic E-state index is -0.883. The molecule has 0 aromatic heterocycles. The van der Waals surface area contributed by atoms with E-state index in [1.54, 1.807) is 13.0 Å². The summed E-state index contributed by atoms with van der Waals surface area (Å²) in [6.07, 6.45) is -0.133. The third kappa shape index (κ3) is 6.07. The Kier molecular flexibility index (Phi) is 7.01. The van der Waals surface area contributed by atoms with Gasteiger partial charge >= 0.3 is 5.97 Å². The van der Waals surface area contributed by atoms with Gasteiger partial charge in [-0.3, -0.25) is 4.79 Å². The standard InChI is InChI=1S/C19H27NO4/c1-7-12-20-17(21)13(2)24-18(22)14(3)23-16-10-8-15(9-11-16)19(4,5)6/h7-11,13-14H,1,12H2,2-6H3,(H,20,21)/t13-,14+/m0/s1. The number of ether oxygens (including phenoxy) is 2. The Morgan fingerprint density at radius 1 is 1.17 bits per heavy atom. The number of carbonyl (C=O) groups excluding carboxylic acids is 2. The monoisotopic (exact) mass is 333 g/mol. The number of amides is 1. The molecule has 0 spiro atoms. The van der Waals surface area contributed by atoms with Crippen LogP contribution in [0.2, 0.25) is 0 Å². The second-order valence-corrected chi connectivity index (χ2v) is 6.65. The number of hydrogen-bond donors (Lipinski definition) is 1. The van der Waals surface area contributed by atoms with Crippen molar-refractivity contribution in [3.63, 3.8) is 0 Å². The fourth-order valence-electron chi connectivity index (χ4n) is 1.93. The molecule has 5 heteroatoms. The van der Waals surface area contributed by atoms with Crippen molar-refractivity contribution in [2.45, 2.75) is 52.2 Å². The minimum Gasteiger partial charge on any atom is -0.479 e. The summed E-state index contributed by atoms with van der Waals surface area (Å²) in [4.78, 5) is 23.7. The summed E-state index contributed by atoms with van der Waals surface area (Å²) >= 11 is 0. The van der Waals surface area contributed by atoms with Crippen LogP contribution in [0.15, 0.2) is 36.9 Å². The van der Waals surface area contributed by atoms with Crippen LogP contribution >= 0.6 is 0 Å². The summed E-state index contributed by atoms with van der Waals surface area (Å²) in [5.41, 5.74) is 1.23. The molecule has 0 unspecified atom stereocenters. The van der Waals surface area contributed by atoms with Crippen LogP contribution in [-0.2, 0) is 19.7 Å². The second kappa shape index (κ2) is 8.52. The van der Waals surface area contributed by atoms with Gasteiger partial charge in [0.15, 0.2) is 12.2 Å². The molecule has 0 radical (unpaired) electrons. The highest BCUT2D eigenvalue weighted by Gasteiger charge is 2.23. The van der Waals surface area contributed by atoms with Gasteiger partial charge in [-0.2, -0.15) is 0 Å². The Morgan fingerprint density at radius 3 is 2.25 bits per heavy atom. The zero-order chi connectivity index (χ0) is 18.3. The smallest absolute Gasteiger partial charge is 0.347 e. The van der Waals surface area contributed by atoms with E-state index in [0.29, 0.717) is 12.3 Å². The molecular formula is C19H27NO4. The first-order chi connectivity index (χ1) is 11.1. The van der Waals surface area contributed by atoms with Gasteiger partial charge in [0, 0.05) is 6.54 Å². The van der Waals surface area contributed by atoms with Crippen LogP contribution in [0.4, 0.5) is 0 Å². The van der Waals surface area contributed by atoms with E-state index in [9.17, 15) is 9.59 Å². The van der Waals surface area contributed by atoms with E-state index in [1.807, 2.05) is 24.3 Å². The van der Waals surface area contributed by atoms with Crippen molar-refractivity contribution in [2.75, 3.05) is 6.54 Å². The quantitative estimate of drug-likeness (QED) is 0.615. The Hall–Kier alpha value is -2.30. The summed E-state index contributed by atoms with van der Waals surface area (Å²) < 4.78 is 10.7. The van der Waals surface area contributed by atoms with E-state index in [1.165, 1.54) is 12.5 Å². The van der Waals surface area contributed by atoms with E-state index in [2.05, 4.69) is 32.7 Å². The maximum absolute atomic E-state index is 12.0. The topological polar surface area (TPSA) is 64.6 Å². The SMILES string of the molecule is C=CCNC(=O)[C@H](C)OC(=O)[C@@H](C)Oc1ccc(C(C)(C)C)cc1. The zero-order valence-corrected chi connectivity index (χ0v) is 15.1. The summed E-state index contributed by atoms with van der Waals surface area (Å²) in [6.45, 7) is 13.3. The van der Waals surface area contributed by atoms with Gasteiger partial charge in [-0.25, -0.2) is 4.79 Å². The molecule has 0 saturated heterocycles.